The van der Waals surface area contributed by atoms with Gasteiger partial charge in [0.2, 0.25) is 0 Å². The van der Waals surface area contributed by atoms with Crippen molar-refractivity contribution in [3.63, 3.8) is 0 Å². The highest BCUT2D eigenvalue weighted by Crippen LogP contribution is 2.54. The summed E-state index contributed by atoms with van der Waals surface area (Å²) in [5.41, 5.74) is 0.933. The van der Waals surface area contributed by atoms with Crippen LogP contribution in [-0.2, 0) is 12.6 Å². The summed E-state index contributed by atoms with van der Waals surface area (Å²) in [5, 5.41) is 2.79. The third-order valence-electron chi connectivity index (χ3n) is 4.95. The number of fused-ring (bicyclic) bond motifs is 3. The number of hydrogen-bond donors (Lipinski definition) is 1. The lowest BCUT2D eigenvalue weighted by Crippen LogP contribution is -2.30. The molecule has 1 amide bonds. The van der Waals surface area contributed by atoms with E-state index >= 15 is 0 Å². The number of amides is 1. The van der Waals surface area contributed by atoms with Crippen molar-refractivity contribution in [3.05, 3.63) is 65.0 Å². The van der Waals surface area contributed by atoms with Crippen molar-refractivity contribution in [2.45, 2.75) is 31.0 Å². The van der Waals surface area contributed by atoms with E-state index in [2.05, 4.69) is 16.4 Å². The Morgan fingerprint density at radius 3 is 2.75 bits per heavy atom. The SMILES string of the molecule is O=C(N[C@@H]1[C@H]2CCc3ccccc3[C@@H]21)c1cccnc1C(F)(F)F. The van der Waals surface area contributed by atoms with Gasteiger partial charge in [-0.3, -0.25) is 9.78 Å². The largest absolute Gasteiger partial charge is 0.434 e. The topological polar surface area (TPSA) is 42.0 Å². The lowest BCUT2D eigenvalue weighted by Gasteiger charge is -2.13. The number of aryl methyl sites for hydroxylation is 1. The van der Waals surface area contributed by atoms with Crippen molar-refractivity contribution in [1.82, 2.24) is 10.3 Å². The molecule has 4 rings (SSSR count). The van der Waals surface area contributed by atoms with Crippen LogP contribution in [-0.4, -0.2) is 16.9 Å². The first-order valence-corrected chi connectivity index (χ1v) is 7.87. The van der Waals surface area contributed by atoms with Gasteiger partial charge in [0.15, 0.2) is 5.69 Å². The Bertz CT molecular complexity index is 803. The number of halogens is 3. The molecule has 1 saturated carbocycles. The molecule has 1 aromatic heterocycles. The molecule has 3 atom stereocenters. The fraction of sp³-hybridized carbons (Fsp3) is 0.333. The van der Waals surface area contributed by atoms with Crippen LogP contribution in [0.4, 0.5) is 13.2 Å². The van der Waals surface area contributed by atoms with Crippen LogP contribution in [0.2, 0.25) is 0 Å². The Balaban J connectivity index is 1.56. The zero-order valence-electron chi connectivity index (χ0n) is 12.7. The second kappa shape index (κ2) is 5.33. The van der Waals surface area contributed by atoms with Crippen LogP contribution in [0.1, 0.15) is 39.5 Å². The van der Waals surface area contributed by atoms with Gasteiger partial charge in [-0.05, 0) is 42.0 Å². The van der Waals surface area contributed by atoms with Gasteiger partial charge in [0.25, 0.3) is 5.91 Å². The number of alkyl halides is 3. The van der Waals surface area contributed by atoms with Crippen molar-refractivity contribution in [2.24, 2.45) is 5.92 Å². The zero-order valence-corrected chi connectivity index (χ0v) is 12.7. The highest BCUT2D eigenvalue weighted by Gasteiger charge is 2.54. The van der Waals surface area contributed by atoms with Gasteiger partial charge in [-0.15, -0.1) is 0 Å². The number of carbonyl (C=O) groups excluding carboxylic acids is 1. The molecule has 0 aliphatic heterocycles. The van der Waals surface area contributed by atoms with Crippen LogP contribution < -0.4 is 5.32 Å². The second-order valence-corrected chi connectivity index (χ2v) is 6.32. The van der Waals surface area contributed by atoms with E-state index in [0.717, 1.165) is 19.0 Å². The lowest BCUT2D eigenvalue weighted by atomic mass is 9.92. The van der Waals surface area contributed by atoms with Gasteiger partial charge in [-0.1, -0.05) is 24.3 Å². The minimum Gasteiger partial charge on any atom is -0.348 e. The third kappa shape index (κ3) is 2.46. The first-order chi connectivity index (χ1) is 11.5. The van der Waals surface area contributed by atoms with Gasteiger partial charge < -0.3 is 5.32 Å². The van der Waals surface area contributed by atoms with Crippen LogP contribution in [0.15, 0.2) is 42.6 Å². The second-order valence-electron chi connectivity index (χ2n) is 6.32. The Labute approximate surface area is 136 Å². The molecule has 6 heteroatoms. The van der Waals surface area contributed by atoms with Crippen LogP contribution in [0.5, 0.6) is 0 Å². The van der Waals surface area contributed by atoms with E-state index in [1.54, 1.807) is 0 Å². The number of rotatable bonds is 2. The molecule has 0 spiro atoms. The summed E-state index contributed by atoms with van der Waals surface area (Å²) in [5.74, 6) is -0.174. The van der Waals surface area contributed by atoms with E-state index in [1.165, 1.54) is 23.3 Å². The average molecular weight is 332 g/mol. The quantitative estimate of drug-likeness (QED) is 0.914. The molecule has 0 unspecified atom stereocenters. The summed E-state index contributed by atoms with van der Waals surface area (Å²) in [6.07, 6.45) is -1.69. The molecule has 1 aromatic carbocycles. The molecule has 2 aliphatic carbocycles. The van der Waals surface area contributed by atoms with Gasteiger partial charge in [0, 0.05) is 18.2 Å². The molecule has 2 aliphatic rings. The first-order valence-electron chi connectivity index (χ1n) is 7.87. The summed E-state index contributed by atoms with van der Waals surface area (Å²) in [6.45, 7) is 0. The number of aromatic nitrogens is 1. The van der Waals surface area contributed by atoms with Crippen LogP contribution in [0.25, 0.3) is 0 Å². The summed E-state index contributed by atoms with van der Waals surface area (Å²) in [7, 11) is 0. The van der Waals surface area contributed by atoms with E-state index in [1.807, 2.05) is 18.2 Å². The summed E-state index contributed by atoms with van der Waals surface area (Å²) >= 11 is 0. The molecule has 0 bridgehead atoms. The molecule has 24 heavy (non-hydrogen) atoms. The maximum absolute atomic E-state index is 13.0. The molecule has 1 fully saturated rings. The maximum atomic E-state index is 13.0. The molecule has 1 heterocycles. The van der Waals surface area contributed by atoms with E-state index < -0.39 is 23.3 Å². The molecule has 1 N–H and O–H groups in total. The van der Waals surface area contributed by atoms with E-state index in [-0.39, 0.29) is 12.0 Å². The zero-order chi connectivity index (χ0) is 16.9. The summed E-state index contributed by atoms with van der Waals surface area (Å²) in [6, 6.07) is 10.5. The predicted molar refractivity (Wildman–Crippen MR) is 81.5 cm³/mol. The highest BCUT2D eigenvalue weighted by molar-refractivity contribution is 5.96. The standard InChI is InChI=1S/C18H15F3N2O/c19-18(20,21)16-13(6-3-9-22-16)17(24)23-15-12-8-7-10-4-1-2-5-11(10)14(12)15/h1-6,9,12,14-15H,7-8H2,(H,23,24)/t12-,14-,15+/m0/s1. The Morgan fingerprint density at radius 2 is 1.96 bits per heavy atom. The molecular weight excluding hydrogens is 317 g/mol. The molecular formula is C18H15F3N2O. The van der Waals surface area contributed by atoms with E-state index in [4.69, 9.17) is 0 Å². The monoisotopic (exact) mass is 332 g/mol. The van der Waals surface area contributed by atoms with Gasteiger partial charge in [-0.2, -0.15) is 13.2 Å². The maximum Gasteiger partial charge on any atom is 0.434 e. The van der Waals surface area contributed by atoms with Crippen LogP contribution in [0, 0.1) is 5.92 Å². The van der Waals surface area contributed by atoms with Crippen molar-refractivity contribution in [1.29, 1.82) is 0 Å². The Hall–Kier alpha value is -2.37. The van der Waals surface area contributed by atoms with E-state index in [9.17, 15) is 18.0 Å². The van der Waals surface area contributed by atoms with Gasteiger partial charge in [0.05, 0.1) is 5.56 Å². The first kappa shape index (κ1) is 15.2. The van der Waals surface area contributed by atoms with Crippen LogP contribution in [0.3, 0.4) is 0 Å². The van der Waals surface area contributed by atoms with Crippen molar-refractivity contribution in [2.75, 3.05) is 0 Å². The third-order valence-corrected chi connectivity index (χ3v) is 4.95. The fourth-order valence-electron chi connectivity index (χ4n) is 3.81. The average Bonchev–Trinajstić information content (AvgIpc) is 3.27. The molecule has 3 nitrogen and oxygen atoms in total. The molecule has 2 aromatic rings. The van der Waals surface area contributed by atoms with Crippen molar-refractivity contribution in [3.8, 4) is 0 Å². The summed E-state index contributed by atoms with van der Waals surface area (Å²) in [4.78, 5) is 15.7. The number of pyridine rings is 1. The van der Waals surface area contributed by atoms with Gasteiger partial charge >= 0.3 is 6.18 Å². The minimum absolute atomic E-state index is 0.0950. The Morgan fingerprint density at radius 1 is 1.17 bits per heavy atom. The number of carbonyl (C=O) groups is 1. The molecule has 124 valence electrons. The fourth-order valence-corrected chi connectivity index (χ4v) is 3.81. The molecule has 0 radical (unpaired) electrons. The van der Waals surface area contributed by atoms with Crippen molar-refractivity contribution < 1.29 is 18.0 Å². The smallest absolute Gasteiger partial charge is 0.348 e. The highest BCUT2D eigenvalue weighted by atomic mass is 19.4. The normalized spacial score (nSPS) is 24.7. The van der Waals surface area contributed by atoms with Crippen molar-refractivity contribution >= 4 is 5.91 Å². The predicted octanol–water partition coefficient (Wildman–Crippen LogP) is 3.56. The lowest BCUT2D eigenvalue weighted by molar-refractivity contribution is -0.141. The minimum atomic E-state index is -4.64. The van der Waals surface area contributed by atoms with Crippen LogP contribution >= 0.6 is 0 Å². The van der Waals surface area contributed by atoms with E-state index in [0.29, 0.717) is 5.92 Å². The Kier molecular flexibility index (Phi) is 3.37. The van der Waals surface area contributed by atoms with Gasteiger partial charge in [-0.25, -0.2) is 0 Å². The summed E-state index contributed by atoms with van der Waals surface area (Å²) < 4.78 is 39.0. The number of nitrogens with zero attached hydrogens (tertiary/aromatic N) is 1. The number of benzene rings is 1. The number of nitrogens with one attached hydrogen (secondary N) is 1. The number of hydrogen-bond acceptors (Lipinski definition) is 2. The van der Waals surface area contributed by atoms with Gasteiger partial charge in [0.1, 0.15) is 0 Å². The molecule has 0 saturated heterocycles.